The standard InChI is InChI=1S/C32H32FN5O/c1-32-20-23-21-35-38(28-12-10-26(33)11-13-28)30(23)19-25(32)9-8-24(32)18-29(22-6-4-3-5-7-22)36-31(39)37(2)27-14-16-34-17-15-27/h3-7,10-17,19,21,24,29H,8-9,18,20H2,1-2H3,(H,36,39). The Balaban J connectivity index is 1.25. The summed E-state index contributed by atoms with van der Waals surface area (Å²) in [5.74, 6) is 0.138. The van der Waals surface area contributed by atoms with Crippen LogP contribution in [0.2, 0.25) is 0 Å². The molecular formula is C32H32FN5O. The van der Waals surface area contributed by atoms with Crippen molar-refractivity contribution in [3.05, 3.63) is 114 Å². The molecule has 0 aliphatic heterocycles. The van der Waals surface area contributed by atoms with Crippen LogP contribution >= 0.6 is 0 Å². The fourth-order valence-corrected chi connectivity index (χ4v) is 6.28. The van der Waals surface area contributed by atoms with Gasteiger partial charge in [-0.25, -0.2) is 13.9 Å². The van der Waals surface area contributed by atoms with E-state index in [1.807, 2.05) is 41.2 Å². The molecule has 0 spiro atoms. The number of nitrogens with one attached hydrogen (secondary N) is 1. The van der Waals surface area contributed by atoms with Crippen molar-refractivity contribution in [1.29, 1.82) is 0 Å². The highest BCUT2D eigenvalue weighted by Crippen LogP contribution is 2.55. The van der Waals surface area contributed by atoms with Crippen LogP contribution in [0.3, 0.4) is 0 Å². The molecule has 39 heavy (non-hydrogen) atoms. The molecule has 2 aliphatic carbocycles. The summed E-state index contributed by atoms with van der Waals surface area (Å²) >= 11 is 0. The SMILES string of the molecule is CN(C(=O)NC(CC1CCC2=Cc3c(cnn3-c3ccc(F)cc3)CC21C)c1ccccc1)c1ccncc1. The van der Waals surface area contributed by atoms with E-state index in [2.05, 4.69) is 40.5 Å². The number of hydrogen-bond acceptors (Lipinski definition) is 3. The summed E-state index contributed by atoms with van der Waals surface area (Å²) in [6.45, 7) is 2.36. The van der Waals surface area contributed by atoms with Crippen molar-refractivity contribution in [3.63, 3.8) is 0 Å². The number of carbonyl (C=O) groups is 1. The molecule has 1 fully saturated rings. The number of nitrogens with zero attached hydrogens (tertiary/aromatic N) is 4. The van der Waals surface area contributed by atoms with E-state index in [-0.39, 0.29) is 23.3 Å². The van der Waals surface area contributed by atoms with Crippen molar-refractivity contribution in [3.8, 4) is 5.69 Å². The van der Waals surface area contributed by atoms with Crippen LogP contribution in [-0.2, 0) is 6.42 Å². The van der Waals surface area contributed by atoms with Crippen LogP contribution in [0, 0.1) is 17.2 Å². The van der Waals surface area contributed by atoms with E-state index in [1.54, 1.807) is 36.5 Å². The summed E-state index contributed by atoms with van der Waals surface area (Å²) in [5, 5.41) is 7.98. The average molecular weight is 522 g/mol. The monoisotopic (exact) mass is 521 g/mol. The number of aromatic nitrogens is 3. The minimum Gasteiger partial charge on any atom is -0.331 e. The number of benzene rings is 2. The number of amides is 2. The first kappa shape index (κ1) is 25.0. The van der Waals surface area contributed by atoms with Crippen LogP contribution in [0.5, 0.6) is 0 Å². The van der Waals surface area contributed by atoms with E-state index in [4.69, 9.17) is 0 Å². The zero-order chi connectivity index (χ0) is 27.0. The molecule has 4 aromatic rings. The third kappa shape index (κ3) is 4.73. The highest BCUT2D eigenvalue weighted by molar-refractivity contribution is 5.91. The van der Waals surface area contributed by atoms with Crippen LogP contribution < -0.4 is 10.2 Å². The first-order valence-corrected chi connectivity index (χ1v) is 13.5. The van der Waals surface area contributed by atoms with Gasteiger partial charge >= 0.3 is 6.03 Å². The lowest BCUT2D eigenvalue weighted by Crippen LogP contribution is -2.41. The predicted molar refractivity (Wildman–Crippen MR) is 151 cm³/mol. The van der Waals surface area contributed by atoms with Crippen LogP contribution in [0.4, 0.5) is 14.9 Å². The van der Waals surface area contributed by atoms with Crippen LogP contribution in [0.25, 0.3) is 11.8 Å². The van der Waals surface area contributed by atoms with Crippen molar-refractivity contribution >= 4 is 17.8 Å². The molecule has 0 radical (unpaired) electrons. The van der Waals surface area contributed by atoms with E-state index < -0.39 is 0 Å². The number of hydrogen-bond donors (Lipinski definition) is 1. The zero-order valence-corrected chi connectivity index (χ0v) is 22.2. The van der Waals surface area contributed by atoms with E-state index in [0.29, 0.717) is 5.92 Å². The van der Waals surface area contributed by atoms with Crippen molar-refractivity contribution in [2.24, 2.45) is 11.3 Å². The molecule has 3 atom stereocenters. The Hall–Kier alpha value is -4.26. The molecule has 1 saturated carbocycles. The van der Waals surface area contributed by atoms with Gasteiger partial charge in [-0.1, -0.05) is 42.8 Å². The van der Waals surface area contributed by atoms with Gasteiger partial charge < -0.3 is 5.32 Å². The smallest absolute Gasteiger partial charge is 0.322 e. The van der Waals surface area contributed by atoms with Gasteiger partial charge in [-0.3, -0.25) is 9.88 Å². The largest absolute Gasteiger partial charge is 0.331 e. The molecule has 2 aromatic heterocycles. The summed E-state index contributed by atoms with van der Waals surface area (Å²) < 4.78 is 15.4. The second-order valence-electron chi connectivity index (χ2n) is 10.9. The second-order valence-corrected chi connectivity index (χ2v) is 10.9. The molecule has 2 heterocycles. The number of fused-ring (bicyclic) bond motifs is 2. The van der Waals surface area contributed by atoms with Crippen molar-refractivity contribution < 1.29 is 9.18 Å². The van der Waals surface area contributed by atoms with Crippen LogP contribution in [-0.4, -0.2) is 27.8 Å². The topological polar surface area (TPSA) is 63.1 Å². The Kier molecular flexibility index (Phi) is 6.51. The maximum absolute atomic E-state index is 13.5. The number of allylic oxidation sites excluding steroid dienone is 1. The zero-order valence-electron chi connectivity index (χ0n) is 22.2. The van der Waals surface area contributed by atoms with E-state index in [0.717, 1.165) is 48.3 Å². The van der Waals surface area contributed by atoms with Crippen molar-refractivity contribution in [2.45, 2.75) is 38.6 Å². The van der Waals surface area contributed by atoms with Gasteiger partial charge in [-0.15, -0.1) is 0 Å². The number of urea groups is 1. The molecule has 2 amide bonds. The van der Waals surface area contributed by atoms with Gasteiger partial charge in [-0.2, -0.15) is 5.10 Å². The summed E-state index contributed by atoms with van der Waals surface area (Å²) in [4.78, 5) is 19.0. The number of rotatable bonds is 6. The Morgan fingerprint density at radius 3 is 2.62 bits per heavy atom. The fourth-order valence-electron chi connectivity index (χ4n) is 6.28. The first-order chi connectivity index (χ1) is 18.9. The quantitative estimate of drug-likeness (QED) is 0.306. The highest BCUT2D eigenvalue weighted by Gasteiger charge is 2.46. The molecular weight excluding hydrogens is 489 g/mol. The molecule has 198 valence electrons. The number of pyridine rings is 1. The van der Waals surface area contributed by atoms with E-state index in [1.165, 1.54) is 23.3 Å². The Labute approximate surface area is 228 Å². The molecule has 0 saturated heterocycles. The Morgan fingerprint density at radius 2 is 1.87 bits per heavy atom. The predicted octanol–water partition coefficient (Wildman–Crippen LogP) is 6.74. The maximum atomic E-state index is 13.5. The van der Waals surface area contributed by atoms with E-state index in [9.17, 15) is 9.18 Å². The molecule has 1 N–H and O–H groups in total. The molecule has 2 aliphatic rings. The number of anilines is 1. The van der Waals surface area contributed by atoms with Gasteiger partial charge in [0.2, 0.25) is 0 Å². The third-order valence-electron chi connectivity index (χ3n) is 8.60. The molecule has 2 aromatic carbocycles. The molecule has 3 unspecified atom stereocenters. The van der Waals surface area contributed by atoms with Crippen molar-refractivity contribution in [1.82, 2.24) is 20.1 Å². The Bertz CT molecular complexity index is 1500. The van der Waals surface area contributed by atoms with Gasteiger partial charge in [0.1, 0.15) is 5.82 Å². The molecule has 6 rings (SSSR count). The number of halogens is 1. The second kappa shape index (κ2) is 10.1. The van der Waals surface area contributed by atoms with E-state index >= 15 is 0 Å². The van der Waals surface area contributed by atoms with Gasteiger partial charge in [-0.05, 0) is 90.6 Å². The summed E-state index contributed by atoms with van der Waals surface area (Å²) in [7, 11) is 1.78. The molecule has 6 nitrogen and oxygen atoms in total. The van der Waals surface area contributed by atoms with Crippen molar-refractivity contribution in [2.75, 3.05) is 11.9 Å². The molecule has 0 bridgehead atoms. The molecule has 7 heteroatoms. The first-order valence-electron chi connectivity index (χ1n) is 13.5. The van der Waals surface area contributed by atoms with Crippen LogP contribution in [0.15, 0.2) is 90.9 Å². The summed E-state index contributed by atoms with van der Waals surface area (Å²) in [6.07, 6.45) is 11.4. The number of carbonyl (C=O) groups excluding carboxylic acids is 1. The van der Waals surface area contributed by atoms with Gasteiger partial charge in [0, 0.05) is 25.1 Å². The minimum atomic E-state index is -0.253. The van der Waals surface area contributed by atoms with Gasteiger partial charge in [0.15, 0.2) is 0 Å². The lowest BCUT2D eigenvalue weighted by molar-refractivity contribution is 0.220. The normalized spacial score (nSPS) is 20.5. The average Bonchev–Trinajstić information content (AvgIpc) is 3.51. The lowest BCUT2D eigenvalue weighted by Gasteiger charge is -2.38. The highest BCUT2D eigenvalue weighted by atomic mass is 19.1. The maximum Gasteiger partial charge on any atom is 0.322 e. The van der Waals surface area contributed by atoms with Crippen LogP contribution in [0.1, 0.15) is 49.0 Å². The summed E-state index contributed by atoms with van der Waals surface area (Å²) in [5.41, 5.74) is 6.46. The lowest BCUT2D eigenvalue weighted by atomic mass is 9.68. The summed E-state index contributed by atoms with van der Waals surface area (Å²) in [6, 6.07) is 20.1. The minimum absolute atomic E-state index is 0.0155. The Morgan fingerprint density at radius 1 is 1.13 bits per heavy atom. The van der Waals surface area contributed by atoms with Gasteiger partial charge in [0.25, 0.3) is 0 Å². The fraction of sp³-hybridized carbons (Fsp3) is 0.281. The van der Waals surface area contributed by atoms with Gasteiger partial charge in [0.05, 0.1) is 23.6 Å². The third-order valence-corrected chi connectivity index (χ3v) is 8.60.